The Morgan fingerprint density at radius 2 is 2.14 bits per heavy atom. The maximum atomic E-state index is 12.7. The molecule has 1 aliphatic rings. The normalized spacial score (nSPS) is 19.3. The second-order valence-electron chi connectivity index (χ2n) is 4.98. The minimum absolute atomic E-state index is 0.180. The third kappa shape index (κ3) is 3.66. The van der Waals surface area contributed by atoms with Gasteiger partial charge in [0.25, 0.3) is 0 Å². The molecule has 1 aliphatic heterocycles. The first-order chi connectivity index (χ1) is 10.5. The van der Waals surface area contributed by atoms with Crippen LogP contribution in [0, 0.1) is 0 Å². The quantitative estimate of drug-likeness (QED) is 0.857. The zero-order chi connectivity index (χ0) is 15.6. The van der Waals surface area contributed by atoms with Gasteiger partial charge in [-0.2, -0.15) is 13.2 Å². The molecule has 1 atom stereocenters. The third-order valence-corrected chi connectivity index (χ3v) is 4.19. The fourth-order valence-corrected chi connectivity index (χ4v) is 3.11. The Bertz CT molecular complexity index is 636. The Morgan fingerprint density at radius 3 is 2.86 bits per heavy atom. The monoisotopic (exact) mass is 329 g/mol. The van der Waals surface area contributed by atoms with Crippen molar-refractivity contribution in [1.82, 2.24) is 4.98 Å². The van der Waals surface area contributed by atoms with E-state index < -0.39 is 11.7 Å². The maximum absolute atomic E-state index is 12.7. The molecule has 0 aliphatic carbocycles. The molecule has 3 nitrogen and oxygen atoms in total. The SMILES string of the molecule is FC(F)(F)c1cccc(Cc2nc(C3COCCO3)cs2)c1. The summed E-state index contributed by atoms with van der Waals surface area (Å²) in [6, 6.07) is 5.34. The summed E-state index contributed by atoms with van der Waals surface area (Å²) < 4.78 is 49.0. The van der Waals surface area contributed by atoms with Crippen LogP contribution in [0.4, 0.5) is 13.2 Å². The van der Waals surface area contributed by atoms with Gasteiger partial charge in [0, 0.05) is 11.8 Å². The van der Waals surface area contributed by atoms with Gasteiger partial charge in [-0.1, -0.05) is 18.2 Å². The lowest BCUT2D eigenvalue weighted by Gasteiger charge is -2.21. The summed E-state index contributed by atoms with van der Waals surface area (Å²) >= 11 is 1.42. The standard InChI is InChI=1S/C15H14F3NO2S/c16-15(17,18)11-3-1-2-10(6-11)7-14-19-12(9-22-14)13-8-20-4-5-21-13/h1-3,6,9,13H,4-5,7-8H2. The molecule has 0 N–H and O–H groups in total. The zero-order valence-electron chi connectivity index (χ0n) is 11.6. The minimum atomic E-state index is -4.32. The van der Waals surface area contributed by atoms with Gasteiger partial charge in [-0.15, -0.1) is 11.3 Å². The van der Waals surface area contributed by atoms with Crippen LogP contribution in [0.25, 0.3) is 0 Å². The Morgan fingerprint density at radius 1 is 1.27 bits per heavy atom. The lowest BCUT2D eigenvalue weighted by molar-refractivity contribution is -0.137. The molecule has 3 rings (SSSR count). The van der Waals surface area contributed by atoms with E-state index in [1.165, 1.54) is 23.5 Å². The van der Waals surface area contributed by atoms with Crippen molar-refractivity contribution in [2.45, 2.75) is 18.7 Å². The first-order valence-electron chi connectivity index (χ1n) is 6.82. The average molecular weight is 329 g/mol. The number of hydrogen-bond acceptors (Lipinski definition) is 4. The highest BCUT2D eigenvalue weighted by Gasteiger charge is 2.30. The fraction of sp³-hybridized carbons (Fsp3) is 0.400. The highest BCUT2D eigenvalue weighted by atomic mass is 32.1. The minimum Gasteiger partial charge on any atom is -0.376 e. The summed E-state index contributed by atoms with van der Waals surface area (Å²) in [4.78, 5) is 4.45. The second kappa shape index (κ2) is 6.36. The Kier molecular flexibility index (Phi) is 4.46. The summed E-state index contributed by atoms with van der Waals surface area (Å²) in [5.41, 5.74) is 0.744. The number of ether oxygens (including phenoxy) is 2. The molecule has 1 aromatic heterocycles. The molecule has 2 aromatic rings. The molecule has 7 heteroatoms. The van der Waals surface area contributed by atoms with Gasteiger partial charge in [0.15, 0.2) is 0 Å². The smallest absolute Gasteiger partial charge is 0.376 e. The molecule has 118 valence electrons. The van der Waals surface area contributed by atoms with Gasteiger partial charge in [-0.05, 0) is 11.6 Å². The molecule has 0 spiro atoms. The Labute approximate surface area is 129 Å². The van der Waals surface area contributed by atoms with Crippen molar-refractivity contribution < 1.29 is 22.6 Å². The van der Waals surface area contributed by atoms with Crippen LogP contribution in [0.15, 0.2) is 29.6 Å². The molecule has 1 aromatic carbocycles. The van der Waals surface area contributed by atoms with Crippen molar-refractivity contribution in [3.8, 4) is 0 Å². The van der Waals surface area contributed by atoms with E-state index in [1.54, 1.807) is 6.07 Å². The maximum Gasteiger partial charge on any atom is 0.416 e. The summed E-state index contributed by atoms with van der Waals surface area (Å²) in [5.74, 6) is 0. The Hall–Kier alpha value is -1.44. The van der Waals surface area contributed by atoms with E-state index in [-0.39, 0.29) is 6.10 Å². The second-order valence-corrected chi connectivity index (χ2v) is 5.92. The van der Waals surface area contributed by atoms with Crippen LogP contribution in [0.2, 0.25) is 0 Å². The largest absolute Gasteiger partial charge is 0.416 e. The summed E-state index contributed by atoms with van der Waals surface area (Å²) in [7, 11) is 0. The van der Waals surface area contributed by atoms with Crippen molar-refractivity contribution in [3.63, 3.8) is 0 Å². The van der Waals surface area contributed by atoms with Crippen LogP contribution in [-0.2, 0) is 22.1 Å². The number of alkyl halides is 3. The van der Waals surface area contributed by atoms with Gasteiger partial charge >= 0.3 is 6.18 Å². The van der Waals surface area contributed by atoms with Gasteiger partial charge < -0.3 is 9.47 Å². The molecule has 22 heavy (non-hydrogen) atoms. The molecular formula is C15H14F3NO2S. The fourth-order valence-electron chi connectivity index (χ4n) is 2.24. The van der Waals surface area contributed by atoms with E-state index in [9.17, 15) is 13.2 Å². The van der Waals surface area contributed by atoms with Gasteiger partial charge in [-0.3, -0.25) is 0 Å². The molecule has 1 unspecified atom stereocenters. The van der Waals surface area contributed by atoms with Crippen molar-refractivity contribution in [3.05, 3.63) is 51.5 Å². The van der Waals surface area contributed by atoms with E-state index in [1.807, 2.05) is 5.38 Å². The number of aromatic nitrogens is 1. The van der Waals surface area contributed by atoms with Crippen LogP contribution < -0.4 is 0 Å². The molecule has 0 amide bonds. The summed E-state index contributed by atoms with van der Waals surface area (Å²) in [6.45, 7) is 1.58. The summed E-state index contributed by atoms with van der Waals surface area (Å²) in [6.07, 6.45) is -4.13. The van der Waals surface area contributed by atoms with Crippen LogP contribution in [-0.4, -0.2) is 24.8 Å². The van der Waals surface area contributed by atoms with Crippen LogP contribution in [0.5, 0.6) is 0 Å². The number of rotatable bonds is 3. The average Bonchev–Trinajstić information content (AvgIpc) is 2.96. The lowest BCUT2D eigenvalue weighted by atomic mass is 10.1. The van der Waals surface area contributed by atoms with Gasteiger partial charge in [0.1, 0.15) is 6.10 Å². The molecular weight excluding hydrogens is 315 g/mol. The number of halogens is 3. The lowest BCUT2D eigenvalue weighted by Crippen LogP contribution is -2.22. The van der Waals surface area contributed by atoms with E-state index >= 15 is 0 Å². The van der Waals surface area contributed by atoms with Crippen molar-refractivity contribution in [2.24, 2.45) is 0 Å². The van der Waals surface area contributed by atoms with Crippen molar-refractivity contribution in [2.75, 3.05) is 19.8 Å². The number of benzene rings is 1. The molecule has 2 heterocycles. The highest BCUT2D eigenvalue weighted by molar-refractivity contribution is 7.09. The predicted octanol–water partition coefficient (Wildman–Crippen LogP) is 3.84. The first kappa shape index (κ1) is 15.5. The van der Waals surface area contributed by atoms with Gasteiger partial charge in [0.05, 0.1) is 36.1 Å². The molecule has 0 bridgehead atoms. The Balaban J connectivity index is 1.72. The molecule has 1 fully saturated rings. The molecule has 0 radical (unpaired) electrons. The number of hydrogen-bond donors (Lipinski definition) is 0. The van der Waals surface area contributed by atoms with Crippen LogP contribution in [0.3, 0.4) is 0 Å². The van der Waals surface area contributed by atoms with E-state index in [4.69, 9.17) is 9.47 Å². The van der Waals surface area contributed by atoms with Gasteiger partial charge in [-0.25, -0.2) is 4.98 Å². The zero-order valence-corrected chi connectivity index (χ0v) is 12.4. The van der Waals surface area contributed by atoms with Crippen molar-refractivity contribution in [1.29, 1.82) is 0 Å². The van der Waals surface area contributed by atoms with E-state index in [2.05, 4.69) is 4.98 Å². The van der Waals surface area contributed by atoms with E-state index in [0.29, 0.717) is 31.8 Å². The van der Waals surface area contributed by atoms with Crippen LogP contribution in [0.1, 0.15) is 27.9 Å². The third-order valence-electron chi connectivity index (χ3n) is 3.32. The molecule has 0 saturated carbocycles. The van der Waals surface area contributed by atoms with Crippen LogP contribution >= 0.6 is 11.3 Å². The first-order valence-corrected chi connectivity index (χ1v) is 7.70. The number of thiazole rings is 1. The number of nitrogens with zero attached hydrogens (tertiary/aromatic N) is 1. The highest BCUT2D eigenvalue weighted by Crippen LogP contribution is 2.30. The predicted molar refractivity (Wildman–Crippen MR) is 75.9 cm³/mol. The molecule has 1 saturated heterocycles. The van der Waals surface area contributed by atoms with Crippen molar-refractivity contribution >= 4 is 11.3 Å². The summed E-state index contributed by atoms with van der Waals surface area (Å²) in [5, 5.41) is 2.64. The topological polar surface area (TPSA) is 31.4 Å². The van der Waals surface area contributed by atoms with E-state index in [0.717, 1.165) is 16.8 Å². The van der Waals surface area contributed by atoms with Gasteiger partial charge in [0.2, 0.25) is 0 Å².